The Morgan fingerprint density at radius 3 is 2.41 bits per heavy atom. The van der Waals surface area contributed by atoms with Crippen LogP contribution in [0.25, 0.3) is 22.6 Å². The summed E-state index contributed by atoms with van der Waals surface area (Å²) in [6, 6.07) is 3.74. The minimum atomic E-state index is -1.39. The number of aliphatic hydroxyl groups excluding tert-OH is 3. The summed E-state index contributed by atoms with van der Waals surface area (Å²) in [4.78, 5) is 34.5. The number of aromatic nitrogens is 4. The number of benzene rings is 1. The van der Waals surface area contributed by atoms with Crippen LogP contribution < -0.4 is 11.2 Å². The lowest BCUT2D eigenvalue weighted by Gasteiger charge is -2.25. The Morgan fingerprint density at radius 2 is 1.79 bits per heavy atom. The molecule has 0 fully saturated rings. The van der Waals surface area contributed by atoms with Crippen molar-refractivity contribution in [2.45, 2.75) is 64.9 Å². The molecule has 3 atom stereocenters. The number of aryl methyl sites for hydroxylation is 1. The molecule has 0 radical (unpaired) electrons. The van der Waals surface area contributed by atoms with E-state index in [9.17, 15) is 24.9 Å². The van der Waals surface area contributed by atoms with Crippen LogP contribution in [0.1, 0.15) is 44.2 Å². The third-order valence-corrected chi connectivity index (χ3v) is 5.20. The largest absolute Gasteiger partial charge is 0.390 e. The predicted octanol–water partition coefficient (Wildman–Crippen LogP) is 0.509. The van der Waals surface area contributed by atoms with Gasteiger partial charge in [-0.05, 0) is 42.5 Å². The summed E-state index contributed by atoms with van der Waals surface area (Å²) in [6.07, 6.45) is -3.58. The molecule has 3 rings (SSSR count). The number of fused-ring (bicyclic) bond motifs is 2. The van der Waals surface area contributed by atoms with Crippen LogP contribution in [-0.2, 0) is 6.54 Å². The van der Waals surface area contributed by atoms with Gasteiger partial charge in [-0.1, -0.05) is 20.8 Å². The first-order valence-electron chi connectivity index (χ1n) is 9.63. The van der Waals surface area contributed by atoms with Gasteiger partial charge in [0.2, 0.25) is 0 Å². The monoisotopic (exact) mass is 402 g/mol. The molecule has 0 aromatic heterocycles. The molecule has 0 spiro atoms. The minimum absolute atomic E-state index is 0.0158. The van der Waals surface area contributed by atoms with Gasteiger partial charge in [0.15, 0.2) is 11.5 Å². The lowest BCUT2D eigenvalue weighted by atomic mass is 9.97. The van der Waals surface area contributed by atoms with Gasteiger partial charge in [-0.3, -0.25) is 9.78 Å². The maximum absolute atomic E-state index is 12.3. The van der Waals surface area contributed by atoms with Crippen molar-refractivity contribution < 1.29 is 15.3 Å². The van der Waals surface area contributed by atoms with E-state index < -0.39 is 29.6 Å². The fourth-order valence-corrected chi connectivity index (χ4v) is 3.56. The van der Waals surface area contributed by atoms with Gasteiger partial charge >= 0.3 is 5.69 Å². The van der Waals surface area contributed by atoms with Crippen LogP contribution in [-0.4, -0.2) is 53.2 Å². The lowest BCUT2D eigenvalue weighted by Crippen LogP contribution is -2.40. The fourth-order valence-electron chi connectivity index (χ4n) is 3.56. The number of aromatic amines is 1. The number of rotatable bonds is 6. The Morgan fingerprint density at radius 1 is 1.10 bits per heavy atom. The van der Waals surface area contributed by atoms with Crippen LogP contribution in [0.4, 0.5) is 0 Å². The van der Waals surface area contributed by atoms with E-state index >= 15 is 0 Å². The van der Waals surface area contributed by atoms with Crippen molar-refractivity contribution in [3.63, 3.8) is 0 Å². The third kappa shape index (κ3) is 3.93. The van der Waals surface area contributed by atoms with Gasteiger partial charge in [0.25, 0.3) is 5.56 Å². The SMILES string of the molecule is CCC(O)C(O)C(O)Cn1c2nc(=O)[nH]c(=O)c-2nc2cc(C)c(C(C)C)cc21. The molecular weight excluding hydrogens is 376 g/mol. The molecule has 4 N–H and O–H groups in total. The van der Waals surface area contributed by atoms with Crippen molar-refractivity contribution >= 4 is 11.0 Å². The number of nitrogens with zero attached hydrogens (tertiary/aromatic N) is 3. The van der Waals surface area contributed by atoms with Gasteiger partial charge in [0, 0.05) is 0 Å². The second kappa shape index (κ2) is 8.02. The van der Waals surface area contributed by atoms with Crippen molar-refractivity contribution in [1.29, 1.82) is 0 Å². The summed E-state index contributed by atoms with van der Waals surface area (Å²) >= 11 is 0. The summed E-state index contributed by atoms with van der Waals surface area (Å²) in [7, 11) is 0. The topological polar surface area (TPSA) is 141 Å². The van der Waals surface area contributed by atoms with Crippen molar-refractivity contribution in [2.24, 2.45) is 0 Å². The van der Waals surface area contributed by atoms with E-state index in [2.05, 4.69) is 15.0 Å². The number of aliphatic hydroxyl groups is 3. The zero-order chi connectivity index (χ0) is 21.5. The van der Waals surface area contributed by atoms with E-state index in [1.165, 1.54) is 4.57 Å². The highest BCUT2D eigenvalue weighted by Gasteiger charge is 2.27. The average Bonchev–Trinajstić information content (AvgIpc) is 2.66. The second-order valence-electron chi connectivity index (χ2n) is 7.65. The first kappa shape index (κ1) is 21.1. The van der Waals surface area contributed by atoms with Crippen LogP contribution in [0.3, 0.4) is 0 Å². The first-order chi connectivity index (χ1) is 13.6. The third-order valence-electron chi connectivity index (χ3n) is 5.20. The van der Waals surface area contributed by atoms with E-state index in [-0.39, 0.29) is 30.4 Å². The van der Waals surface area contributed by atoms with Crippen LogP contribution in [0.15, 0.2) is 21.7 Å². The van der Waals surface area contributed by atoms with Crippen LogP contribution in [0.5, 0.6) is 0 Å². The maximum atomic E-state index is 12.3. The Balaban J connectivity index is 2.31. The van der Waals surface area contributed by atoms with E-state index in [0.29, 0.717) is 11.0 Å². The average molecular weight is 402 g/mol. The smallest absolute Gasteiger partial charge is 0.349 e. The molecule has 0 saturated carbocycles. The predicted molar refractivity (Wildman–Crippen MR) is 108 cm³/mol. The van der Waals surface area contributed by atoms with Crippen molar-refractivity contribution in [1.82, 2.24) is 19.5 Å². The highest BCUT2D eigenvalue weighted by Crippen LogP contribution is 2.28. The maximum Gasteiger partial charge on any atom is 0.349 e. The highest BCUT2D eigenvalue weighted by molar-refractivity contribution is 5.81. The van der Waals surface area contributed by atoms with Gasteiger partial charge in [-0.2, -0.15) is 4.98 Å². The zero-order valence-electron chi connectivity index (χ0n) is 16.9. The standard InChI is InChI=1S/C20H26N4O5/c1-5-14(25)17(27)15(26)8-24-13-7-11(9(2)3)10(4)6-12(13)21-16-18(24)22-20(29)23-19(16)28/h6-7,9,14-15,17,25-27H,5,8H2,1-4H3,(H,23,28,29). The summed E-state index contributed by atoms with van der Waals surface area (Å²) in [5.74, 6) is 0.227. The first-order valence-corrected chi connectivity index (χ1v) is 9.63. The van der Waals surface area contributed by atoms with E-state index in [1.54, 1.807) is 6.92 Å². The van der Waals surface area contributed by atoms with E-state index in [0.717, 1.165) is 11.1 Å². The molecule has 2 aliphatic rings. The highest BCUT2D eigenvalue weighted by atomic mass is 16.4. The molecule has 2 aliphatic heterocycles. The lowest BCUT2D eigenvalue weighted by molar-refractivity contribution is -0.0648. The van der Waals surface area contributed by atoms with Crippen molar-refractivity contribution in [2.75, 3.05) is 0 Å². The Labute approximate surface area is 167 Å². The Kier molecular flexibility index (Phi) is 5.83. The molecule has 2 heterocycles. The molecule has 9 heteroatoms. The molecule has 3 unspecified atom stereocenters. The fraction of sp³-hybridized carbons (Fsp3) is 0.500. The molecule has 0 aliphatic carbocycles. The number of nitrogens with one attached hydrogen (secondary N) is 1. The van der Waals surface area contributed by atoms with Gasteiger partial charge in [0.05, 0.1) is 23.7 Å². The van der Waals surface area contributed by atoms with Crippen LogP contribution in [0.2, 0.25) is 0 Å². The molecule has 29 heavy (non-hydrogen) atoms. The quantitative estimate of drug-likeness (QED) is 0.440. The van der Waals surface area contributed by atoms with Gasteiger partial charge in [-0.25, -0.2) is 9.78 Å². The molecule has 156 valence electrons. The number of hydrogen-bond donors (Lipinski definition) is 4. The molecule has 0 saturated heterocycles. The van der Waals surface area contributed by atoms with E-state index in [4.69, 9.17) is 0 Å². The number of H-pyrrole nitrogens is 1. The van der Waals surface area contributed by atoms with Crippen molar-refractivity contribution in [3.8, 4) is 11.5 Å². The Hall–Kier alpha value is -2.62. The summed E-state index contributed by atoms with van der Waals surface area (Å²) in [5, 5.41) is 30.6. The number of hydrogen-bond acceptors (Lipinski definition) is 7. The summed E-state index contributed by atoms with van der Waals surface area (Å²) < 4.78 is 1.51. The normalized spacial score (nSPS) is 15.2. The van der Waals surface area contributed by atoms with E-state index in [1.807, 2.05) is 32.9 Å². The summed E-state index contributed by atoms with van der Waals surface area (Å²) in [5.41, 5.74) is 1.58. The zero-order valence-corrected chi connectivity index (χ0v) is 16.9. The molecule has 1 aromatic rings. The van der Waals surface area contributed by atoms with Crippen LogP contribution in [0, 0.1) is 6.92 Å². The van der Waals surface area contributed by atoms with Gasteiger partial charge in [0.1, 0.15) is 12.2 Å². The van der Waals surface area contributed by atoms with Gasteiger partial charge < -0.3 is 19.9 Å². The molecular formula is C20H26N4O5. The molecule has 9 nitrogen and oxygen atoms in total. The van der Waals surface area contributed by atoms with Gasteiger partial charge in [-0.15, -0.1) is 0 Å². The Bertz CT molecular complexity index is 1120. The summed E-state index contributed by atoms with van der Waals surface area (Å²) in [6.45, 7) is 7.55. The molecule has 0 amide bonds. The van der Waals surface area contributed by atoms with Crippen molar-refractivity contribution in [3.05, 3.63) is 44.1 Å². The van der Waals surface area contributed by atoms with Crippen LogP contribution >= 0.6 is 0 Å². The molecule has 0 bridgehead atoms. The second-order valence-corrected chi connectivity index (χ2v) is 7.65. The minimum Gasteiger partial charge on any atom is -0.390 e. The molecule has 1 aromatic carbocycles.